The van der Waals surface area contributed by atoms with Gasteiger partial charge in [0, 0.05) is 12.1 Å². The molecule has 1 aliphatic rings. The summed E-state index contributed by atoms with van der Waals surface area (Å²) in [4.78, 5) is 10.0. The molecule has 0 radical (unpaired) electrons. The zero-order chi connectivity index (χ0) is 14.8. The van der Waals surface area contributed by atoms with Crippen molar-refractivity contribution in [3.8, 4) is 0 Å². The number of sulfone groups is 1. The SMILES string of the molecule is NC(CS(=O)(=O)c1ccccc1[N+](=O)[O-])C1CCCC1. The van der Waals surface area contributed by atoms with E-state index < -0.39 is 20.8 Å². The maximum atomic E-state index is 12.3. The molecule has 0 spiro atoms. The Balaban J connectivity index is 2.24. The molecule has 0 aromatic heterocycles. The van der Waals surface area contributed by atoms with Crippen LogP contribution in [0, 0.1) is 16.0 Å². The molecule has 1 unspecified atom stereocenters. The second-order valence-electron chi connectivity index (χ2n) is 5.21. The molecule has 0 aliphatic heterocycles. The molecule has 1 aromatic carbocycles. The van der Waals surface area contributed by atoms with Crippen LogP contribution in [0.5, 0.6) is 0 Å². The summed E-state index contributed by atoms with van der Waals surface area (Å²) in [6, 6.07) is 4.96. The highest BCUT2D eigenvalue weighted by Crippen LogP contribution is 2.30. The third kappa shape index (κ3) is 3.16. The Bertz CT molecular complexity index is 594. The van der Waals surface area contributed by atoms with Crippen LogP contribution < -0.4 is 5.73 Å². The third-order valence-electron chi connectivity index (χ3n) is 3.81. The van der Waals surface area contributed by atoms with Crippen LogP contribution in [0.25, 0.3) is 0 Å². The topological polar surface area (TPSA) is 103 Å². The van der Waals surface area contributed by atoms with Crippen molar-refractivity contribution in [3.63, 3.8) is 0 Å². The molecule has 1 aromatic rings. The van der Waals surface area contributed by atoms with Gasteiger partial charge in [-0.05, 0) is 24.8 Å². The van der Waals surface area contributed by atoms with Crippen molar-refractivity contribution in [2.75, 3.05) is 5.75 Å². The molecule has 0 bridgehead atoms. The number of nitro benzene ring substituents is 1. The van der Waals surface area contributed by atoms with Crippen molar-refractivity contribution in [1.29, 1.82) is 0 Å². The number of rotatable bonds is 5. The van der Waals surface area contributed by atoms with Gasteiger partial charge in [-0.2, -0.15) is 0 Å². The van der Waals surface area contributed by atoms with Gasteiger partial charge in [0.05, 0.1) is 10.7 Å². The lowest BCUT2D eigenvalue weighted by molar-refractivity contribution is -0.387. The molecule has 0 saturated heterocycles. The molecule has 6 nitrogen and oxygen atoms in total. The number of hydrogen-bond acceptors (Lipinski definition) is 5. The van der Waals surface area contributed by atoms with E-state index in [0.29, 0.717) is 0 Å². The van der Waals surface area contributed by atoms with Gasteiger partial charge in [0.2, 0.25) is 0 Å². The van der Waals surface area contributed by atoms with Crippen molar-refractivity contribution in [1.82, 2.24) is 0 Å². The summed E-state index contributed by atoms with van der Waals surface area (Å²) in [5.74, 6) is -0.0322. The standard InChI is InChI=1S/C13H18N2O4S/c14-11(10-5-1-2-6-10)9-20(18,19)13-8-4-3-7-12(13)15(16)17/h3-4,7-8,10-11H,1-2,5-6,9,14H2. The minimum atomic E-state index is -3.74. The van der Waals surface area contributed by atoms with Crippen LogP contribution in [0.4, 0.5) is 5.69 Å². The largest absolute Gasteiger partial charge is 0.327 e. The van der Waals surface area contributed by atoms with E-state index in [1.54, 1.807) is 0 Å². The minimum absolute atomic E-state index is 0.201. The monoisotopic (exact) mass is 298 g/mol. The van der Waals surface area contributed by atoms with Gasteiger partial charge in [-0.15, -0.1) is 0 Å². The molecule has 2 N–H and O–H groups in total. The van der Waals surface area contributed by atoms with Gasteiger partial charge < -0.3 is 5.73 Å². The van der Waals surface area contributed by atoms with Gasteiger partial charge >= 0.3 is 0 Å². The predicted octanol–water partition coefficient (Wildman–Crippen LogP) is 1.89. The summed E-state index contributed by atoms with van der Waals surface area (Å²) >= 11 is 0. The Kier molecular flexibility index (Phi) is 4.39. The first-order valence-electron chi connectivity index (χ1n) is 6.63. The Morgan fingerprint density at radius 3 is 2.50 bits per heavy atom. The van der Waals surface area contributed by atoms with Gasteiger partial charge in [0.1, 0.15) is 4.90 Å². The Morgan fingerprint density at radius 2 is 1.90 bits per heavy atom. The average Bonchev–Trinajstić information content (AvgIpc) is 2.92. The van der Waals surface area contributed by atoms with Crippen LogP contribution in [-0.2, 0) is 9.84 Å². The quantitative estimate of drug-likeness (QED) is 0.660. The molecule has 1 saturated carbocycles. The summed E-state index contributed by atoms with van der Waals surface area (Å²) in [6.45, 7) is 0. The fourth-order valence-electron chi connectivity index (χ4n) is 2.74. The van der Waals surface area contributed by atoms with Crippen LogP contribution in [0.3, 0.4) is 0 Å². The van der Waals surface area contributed by atoms with E-state index in [-0.39, 0.29) is 22.3 Å². The second kappa shape index (κ2) is 5.88. The van der Waals surface area contributed by atoms with Gasteiger partial charge in [-0.1, -0.05) is 25.0 Å². The zero-order valence-corrected chi connectivity index (χ0v) is 11.9. The van der Waals surface area contributed by atoms with E-state index in [0.717, 1.165) is 25.7 Å². The van der Waals surface area contributed by atoms with Crippen molar-refractivity contribution < 1.29 is 13.3 Å². The molecule has 1 fully saturated rings. The van der Waals surface area contributed by atoms with Crippen LogP contribution in [0.2, 0.25) is 0 Å². The lowest BCUT2D eigenvalue weighted by Crippen LogP contribution is -2.36. The molecule has 1 aliphatic carbocycles. The van der Waals surface area contributed by atoms with E-state index in [4.69, 9.17) is 5.73 Å². The van der Waals surface area contributed by atoms with Crippen LogP contribution >= 0.6 is 0 Å². The molecule has 7 heteroatoms. The molecular weight excluding hydrogens is 280 g/mol. The van der Waals surface area contributed by atoms with E-state index in [1.165, 1.54) is 24.3 Å². The van der Waals surface area contributed by atoms with Crippen molar-refractivity contribution in [2.45, 2.75) is 36.6 Å². The molecule has 0 amide bonds. The number of nitrogens with two attached hydrogens (primary N) is 1. The number of hydrogen-bond donors (Lipinski definition) is 1. The molecule has 2 rings (SSSR count). The highest BCUT2D eigenvalue weighted by atomic mass is 32.2. The molecular formula is C13H18N2O4S. The number of para-hydroxylation sites is 1. The molecule has 20 heavy (non-hydrogen) atoms. The smallest absolute Gasteiger partial charge is 0.287 e. The fourth-order valence-corrected chi connectivity index (χ4v) is 4.44. The predicted molar refractivity (Wildman–Crippen MR) is 75.1 cm³/mol. The summed E-state index contributed by atoms with van der Waals surface area (Å²) in [7, 11) is -3.74. The lowest BCUT2D eigenvalue weighted by Gasteiger charge is -2.18. The number of benzene rings is 1. The molecule has 1 atom stereocenters. The third-order valence-corrected chi connectivity index (χ3v) is 5.65. The lowest BCUT2D eigenvalue weighted by atomic mass is 10.0. The Hall–Kier alpha value is -1.47. The molecule has 110 valence electrons. The maximum absolute atomic E-state index is 12.3. The van der Waals surface area contributed by atoms with E-state index in [9.17, 15) is 18.5 Å². The van der Waals surface area contributed by atoms with E-state index in [2.05, 4.69) is 0 Å². The van der Waals surface area contributed by atoms with Gasteiger partial charge in [-0.3, -0.25) is 10.1 Å². The average molecular weight is 298 g/mol. The summed E-state index contributed by atoms with van der Waals surface area (Å²) < 4.78 is 24.7. The van der Waals surface area contributed by atoms with Crippen molar-refractivity contribution >= 4 is 15.5 Å². The molecule has 0 heterocycles. The second-order valence-corrected chi connectivity index (χ2v) is 7.22. The Morgan fingerprint density at radius 1 is 1.30 bits per heavy atom. The Labute approximate surface area is 118 Å². The van der Waals surface area contributed by atoms with E-state index >= 15 is 0 Å². The first-order chi connectivity index (χ1) is 9.42. The van der Waals surface area contributed by atoms with Gasteiger partial charge in [-0.25, -0.2) is 8.42 Å². The normalized spacial score (nSPS) is 18.1. The number of nitro groups is 1. The summed E-state index contributed by atoms with van der Waals surface area (Å²) in [5, 5.41) is 10.9. The highest BCUT2D eigenvalue weighted by Gasteiger charge is 2.31. The minimum Gasteiger partial charge on any atom is -0.327 e. The van der Waals surface area contributed by atoms with Crippen molar-refractivity contribution in [3.05, 3.63) is 34.4 Å². The first-order valence-corrected chi connectivity index (χ1v) is 8.29. The van der Waals surface area contributed by atoms with Crippen molar-refractivity contribution in [2.24, 2.45) is 11.7 Å². The summed E-state index contributed by atoms with van der Waals surface area (Å²) in [5.41, 5.74) is 5.60. The maximum Gasteiger partial charge on any atom is 0.287 e. The summed E-state index contributed by atoms with van der Waals surface area (Å²) in [6.07, 6.45) is 4.02. The van der Waals surface area contributed by atoms with Crippen LogP contribution in [-0.4, -0.2) is 25.1 Å². The zero-order valence-electron chi connectivity index (χ0n) is 11.1. The first kappa shape index (κ1) is 14.9. The van der Waals surface area contributed by atoms with Crippen LogP contribution in [0.1, 0.15) is 25.7 Å². The fraction of sp³-hybridized carbons (Fsp3) is 0.538. The van der Waals surface area contributed by atoms with Crippen LogP contribution in [0.15, 0.2) is 29.2 Å². The van der Waals surface area contributed by atoms with Gasteiger partial charge in [0.25, 0.3) is 5.69 Å². The van der Waals surface area contributed by atoms with E-state index in [1.807, 2.05) is 0 Å². The van der Waals surface area contributed by atoms with Gasteiger partial charge in [0.15, 0.2) is 9.84 Å². The number of nitrogens with zero attached hydrogens (tertiary/aromatic N) is 1. The highest BCUT2D eigenvalue weighted by molar-refractivity contribution is 7.91.